The predicted molar refractivity (Wildman–Crippen MR) is 81.5 cm³/mol. The number of halogens is 1. The summed E-state index contributed by atoms with van der Waals surface area (Å²) in [6, 6.07) is 4.08. The van der Waals surface area contributed by atoms with Crippen LogP contribution in [0.15, 0.2) is 27.6 Å². The van der Waals surface area contributed by atoms with Crippen molar-refractivity contribution in [3.05, 3.63) is 28.2 Å². The van der Waals surface area contributed by atoms with Gasteiger partial charge in [0, 0.05) is 11.1 Å². The van der Waals surface area contributed by atoms with Crippen molar-refractivity contribution in [2.75, 3.05) is 19.8 Å². The van der Waals surface area contributed by atoms with E-state index in [0.717, 1.165) is 12.8 Å². The third-order valence-corrected chi connectivity index (χ3v) is 4.48. The van der Waals surface area contributed by atoms with Crippen molar-refractivity contribution >= 4 is 31.9 Å². The van der Waals surface area contributed by atoms with Gasteiger partial charge in [0.2, 0.25) is 10.0 Å². The summed E-state index contributed by atoms with van der Waals surface area (Å²) in [6.45, 7) is 3.11. The van der Waals surface area contributed by atoms with Gasteiger partial charge in [-0.05, 0) is 40.5 Å². The van der Waals surface area contributed by atoms with Gasteiger partial charge in [-0.15, -0.1) is 0 Å². The quantitative estimate of drug-likeness (QED) is 0.550. The van der Waals surface area contributed by atoms with Gasteiger partial charge in [0.25, 0.3) is 0 Å². The zero-order valence-corrected chi connectivity index (χ0v) is 14.1. The molecule has 0 aliphatic heterocycles. The van der Waals surface area contributed by atoms with Crippen molar-refractivity contribution < 1.29 is 22.7 Å². The normalized spacial score (nSPS) is 11.4. The van der Waals surface area contributed by atoms with E-state index < -0.39 is 16.0 Å². The number of hydrogen-bond donors (Lipinski definition) is 1. The summed E-state index contributed by atoms with van der Waals surface area (Å²) < 4.78 is 33.3. The molecule has 1 rings (SSSR count). The molecule has 118 valence electrons. The average molecular weight is 380 g/mol. The Morgan fingerprint density at radius 2 is 2.00 bits per heavy atom. The lowest BCUT2D eigenvalue weighted by Crippen LogP contribution is -2.15. The van der Waals surface area contributed by atoms with Crippen LogP contribution in [0.3, 0.4) is 0 Å². The van der Waals surface area contributed by atoms with Crippen LogP contribution in [0.5, 0.6) is 0 Å². The highest BCUT2D eigenvalue weighted by Crippen LogP contribution is 2.22. The summed E-state index contributed by atoms with van der Waals surface area (Å²) in [5.41, 5.74) is 0.121. The Morgan fingerprint density at radius 1 is 1.29 bits per heavy atom. The van der Waals surface area contributed by atoms with Crippen LogP contribution < -0.4 is 5.14 Å². The Kier molecular flexibility index (Phi) is 7.30. The summed E-state index contributed by atoms with van der Waals surface area (Å²) in [4.78, 5) is 11.6. The Bertz CT molecular complexity index is 588. The molecule has 2 N–H and O–H groups in total. The van der Waals surface area contributed by atoms with Crippen LogP contribution in [0, 0.1) is 0 Å². The fraction of sp³-hybridized carbons (Fsp3) is 0.462. The van der Waals surface area contributed by atoms with Gasteiger partial charge in [-0.3, -0.25) is 0 Å². The first-order chi connectivity index (χ1) is 9.86. The van der Waals surface area contributed by atoms with Gasteiger partial charge in [0.05, 0.1) is 17.1 Å². The number of esters is 1. The number of carbonyl (C=O) groups excluding carboxylic acids is 1. The number of carbonyl (C=O) groups is 1. The Balaban J connectivity index is 2.59. The minimum absolute atomic E-state index is 0.114. The highest BCUT2D eigenvalue weighted by molar-refractivity contribution is 9.10. The number of ether oxygens (including phenoxy) is 2. The van der Waals surface area contributed by atoms with Crippen LogP contribution in [-0.4, -0.2) is 34.2 Å². The fourth-order valence-corrected chi connectivity index (χ4v) is 3.03. The van der Waals surface area contributed by atoms with Gasteiger partial charge in [0.1, 0.15) is 6.61 Å². The average Bonchev–Trinajstić information content (AvgIpc) is 2.41. The summed E-state index contributed by atoms with van der Waals surface area (Å²) in [6.07, 6.45) is 1.99. The molecule has 0 saturated carbocycles. The molecule has 0 aromatic heterocycles. The molecule has 6 nitrogen and oxygen atoms in total. The molecular formula is C13H18BrNO5S. The first kappa shape index (κ1) is 18.1. The number of nitrogens with two attached hydrogens (primary N) is 1. The molecule has 1 aromatic rings. The first-order valence-electron chi connectivity index (χ1n) is 6.43. The molecule has 8 heteroatoms. The van der Waals surface area contributed by atoms with Gasteiger partial charge in [0.15, 0.2) is 0 Å². The molecule has 0 aliphatic rings. The summed E-state index contributed by atoms with van der Waals surface area (Å²) in [5, 5.41) is 5.06. The second-order valence-electron chi connectivity index (χ2n) is 4.29. The maximum absolute atomic E-state index is 11.8. The van der Waals surface area contributed by atoms with Gasteiger partial charge >= 0.3 is 5.97 Å². The molecule has 1 aromatic carbocycles. The summed E-state index contributed by atoms with van der Waals surface area (Å²) >= 11 is 3.07. The van der Waals surface area contributed by atoms with Crippen molar-refractivity contribution in [2.24, 2.45) is 5.14 Å². The molecule has 0 amide bonds. The largest absolute Gasteiger partial charge is 0.460 e. The predicted octanol–water partition coefficient (Wildman–Crippen LogP) is 2.07. The third-order valence-electron chi connectivity index (χ3n) is 2.58. The zero-order chi connectivity index (χ0) is 15.9. The van der Waals surface area contributed by atoms with E-state index >= 15 is 0 Å². The molecule has 0 fully saturated rings. The van der Waals surface area contributed by atoms with Crippen LogP contribution in [0.4, 0.5) is 0 Å². The lowest BCUT2D eigenvalue weighted by atomic mass is 10.2. The van der Waals surface area contributed by atoms with E-state index in [9.17, 15) is 13.2 Å². The van der Waals surface area contributed by atoms with Crippen LogP contribution in [-0.2, 0) is 19.5 Å². The molecule has 0 aliphatic carbocycles. The van der Waals surface area contributed by atoms with Gasteiger partial charge in [-0.25, -0.2) is 18.4 Å². The number of primary sulfonamides is 1. The molecule has 0 heterocycles. The summed E-state index contributed by atoms with van der Waals surface area (Å²) in [5.74, 6) is -0.619. The molecule has 0 spiro atoms. The van der Waals surface area contributed by atoms with Crippen molar-refractivity contribution in [1.82, 2.24) is 0 Å². The van der Waals surface area contributed by atoms with Gasteiger partial charge in [-0.1, -0.05) is 13.3 Å². The van der Waals surface area contributed by atoms with E-state index in [1.807, 2.05) is 0 Å². The third kappa shape index (κ3) is 6.13. The fourth-order valence-electron chi connectivity index (χ4n) is 1.47. The SMILES string of the molecule is CCCCOCCOC(=O)c1ccc(Br)c(S(N)(=O)=O)c1. The highest BCUT2D eigenvalue weighted by atomic mass is 79.9. The Morgan fingerprint density at radius 3 is 2.62 bits per heavy atom. The molecule has 0 atom stereocenters. The number of unbranched alkanes of at least 4 members (excludes halogenated alkanes) is 1. The standard InChI is InChI=1S/C13H18BrNO5S/c1-2-3-6-19-7-8-20-13(16)10-4-5-11(14)12(9-10)21(15,17)18/h4-5,9H,2-3,6-8H2,1H3,(H2,15,17,18). The molecular weight excluding hydrogens is 362 g/mol. The molecule has 0 unspecified atom stereocenters. The Labute approximate surface area is 132 Å². The molecule has 0 radical (unpaired) electrons. The van der Waals surface area contributed by atoms with Crippen LogP contribution in [0.25, 0.3) is 0 Å². The minimum Gasteiger partial charge on any atom is -0.460 e. The first-order valence-corrected chi connectivity index (χ1v) is 8.77. The highest BCUT2D eigenvalue weighted by Gasteiger charge is 2.16. The monoisotopic (exact) mass is 379 g/mol. The van der Waals surface area contributed by atoms with Gasteiger partial charge in [-0.2, -0.15) is 0 Å². The lowest BCUT2D eigenvalue weighted by Gasteiger charge is -2.07. The molecule has 0 saturated heterocycles. The molecule has 0 bridgehead atoms. The molecule has 21 heavy (non-hydrogen) atoms. The number of benzene rings is 1. The topological polar surface area (TPSA) is 95.7 Å². The van der Waals surface area contributed by atoms with Crippen molar-refractivity contribution in [3.8, 4) is 0 Å². The second-order valence-corrected chi connectivity index (χ2v) is 6.68. The van der Waals surface area contributed by atoms with Crippen molar-refractivity contribution in [3.63, 3.8) is 0 Å². The van der Waals surface area contributed by atoms with Crippen LogP contribution in [0.2, 0.25) is 0 Å². The lowest BCUT2D eigenvalue weighted by molar-refractivity contribution is 0.0313. The van der Waals surface area contributed by atoms with Crippen molar-refractivity contribution in [2.45, 2.75) is 24.7 Å². The van der Waals surface area contributed by atoms with Crippen LogP contribution >= 0.6 is 15.9 Å². The van der Waals surface area contributed by atoms with E-state index in [0.29, 0.717) is 17.7 Å². The zero-order valence-electron chi connectivity index (χ0n) is 11.7. The number of sulfonamides is 1. The number of hydrogen-bond acceptors (Lipinski definition) is 5. The summed E-state index contributed by atoms with van der Waals surface area (Å²) in [7, 11) is -3.90. The maximum atomic E-state index is 11.8. The van der Waals surface area contributed by atoms with E-state index in [1.165, 1.54) is 18.2 Å². The van der Waals surface area contributed by atoms with Crippen LogP contribution in [0.1, 0.15) is 30.1 Å². The van der Waals surface area contributed by atoms with Crippen molar-refractivity contribution in [1.29, 1.82) is 0 Å². The van der Waals surface area contributed by atoms with E-state index in [1.54, 1.807) is 0 Å². The van der Waals surface area contributed by atoms with E-state index in [-0.39, 0.29) is 17.1 Å². The van der Waals surface area contributed by atoms with Gasteiger partial charge < -0.3 is 9.47 Å². The number of rotatable bonds is 8. The maximum Gasteiger partial charge on any atom is 0.338 e. The smallest absolute Gasteiger partial charge is 0.338 e. The second kappa shape index (κ2) is 8.47. The minimum atomic E-state index is -3.90. The van der Waals surface area contributed by atoms with E-state index in [4.69, 9.17) is 14.6 Å². The Hall–Kier alpha value is -0.960. The van der Waals surface area contributed by atoms with E-state index in [2.05, 4.69) is 22.9 Å².